The number of nitrogens with zero attached hydrogens (tertiary/aromatic N) is 5. The molecule has 0 amide bonds. The first-order valence-corrected chi connectivity index (χ1v) is 14.7. The zero-order valence-corrected chi connectivity index (χ0v) is 23.5. The van der Waals surface area contributed by atoms with E-state index >= 15 is 4.39 Å². The maximum absolute atomic E-state index is 16.7. The molecule has 2 aromatic carbocycles. The van der Waals surface area contributed by atoms with Gasteiger partial charge in [-0.2, -0.15) is 9.97 Å². The monoisotopic (exact) mass is 594 g/mol. The number of piperazine rings is 1. The lowest BCUT2D eigenvalue weighted by molar-refractivity contribution is 0.107. The third kappa shape index (κ3) is 4.05. The molecule has 218 valence electrons. The van der Waals surface area contributed by atoms with Gasteiger partial charge >= 0.3 is 6.01 Å². The third-order valence-electron chi connectivity index (χ3n) is 9.14. The van der Waals surface area contributed by atoms with E-state index in [1.165, 1.54) is 6.07 Å². The molecule has 4 aliphatic rings. The van der Waals surface area contributed by atoms with Crippen LogP contribution in [0.4, 0.5) is 14.6 Å². The fourth-order valence-corrected chi connectivity index (χ4v) is 7.51. The number of alkyl halides is 1. The molecular weight excluding hydrogens is 566 g/mol. The van der Waals surface area contributed by atoms with Gasteiger partial charge in [-0.05, 0) is 43.0 Å². The van der Waals surface area contributed by atoms with Crippen LogP contribution in [-0.2, 0) is 0 Å². The summed E-state index contributed by atoms with van der Waals surface area (Å²) in [6.45, 7) is 3.79. The van der Waals surface area contributed by atoms with Gasteiger partial charge < -0.3 is 24.8 Å². The Morgan fingerprint density at radius 3 is 3.00 bits per heavy atom. The summed E-state index contributed by atoms with van der Waals surface area (Å²) in [4.78, 5) is 18.3. The first kappa shape index (κ1) is 26.1. The van der Waals surface area contributed by atoms with E-state index in [4.69, 9.17) is 26.1 Å². The highest BCUT2D eigenvalue weighted by molar-refractivity contribution is 6.36. The third-order valence-corrected chi connectivity index (χ3v) is 9.46. The first-order valence-electron chi connectivity index (χ1n) is 14.4. The van der Waals surface area contributed by atoms with Gasteiger partial charge in [0.2, 0.25) is 5.88 Å². The number of hydrogen-bond acceptors (Lipinski definition) is 9. The lowest BCUT2D eigenvalue weighted by Crippen LogP contribution is -2.53. The van der Waals surface area contributed by atoms with Crippen LogP contribution in [0.25, 0.3) is 32.9 Å². The van der Waals surface area contributed by atoms with Crippen molar-refractivity contribution in [1.82, 2.24) is 25.2 Å². The fourth-order valence-electron chi connectivity index (χ4n) is 7.22. The van der Waals surface area contributed by atoms with Crippen LogP contribution in [0.15, 0.2) is 30.3 Å². The van der Waals surface area contributed by atoms with E-state index in [0.29, 0.717) is 65.2 Å². The smallest absolute Gasteiger partial charge is 0.319 e. The second kappa shape index (κ2) is 9.75. The highest BCUT2D eigenvalue weighted by Gasteiger charge is 2.49. The summed E-state index contributed by atoms with van der Waals surface area (Å²) in [6, 6.07) is 8.26. The van der Waals surface area contributed by atoms with Crippen LogP contribution in [0.1, 0.15) is 19.3 Å². The van der Waals surface area contributed by atoms with Crippen molar-refractivity contribution in [3.8, 4) is 28.9 Å². The van der Waals surface area contributed by atoms with Crippen LogP contribution >= 0.6 is 11.6 Å². The van der Waals surface area contributed by atoms with Gasteiger partial charge in [0.25, 0.3) is 0 Å². The molecule has 0 unspecified atom stereocenters. The Balaban J connectivity index is 1.31. The minimum absolute atomic E-state index is 0.00768. The maximum Gasteiger partial charge on any atom is 0.319 e. The number of nitrogens with one attached hydrogen (secondary N) is 1. The molecule has 0 saturated carbocycles. The number of phenolic OH excluding ortho intramolecular Hbond substituents is 1. The minimum atomic E-state index is -0.896. The van der Waals surface area contributed by atoms with Crippen molar-refractivity contribution in [1.29, 1.82) is 0 Å². The molecule has 0 bridgehead atoms. The Morgan fingerprint density at radius 1 is 1.19 bits per heavy atom. The number of halogens is 3. The molecule has 8 rings (SSSR count). The molecule has 3 saturated heterocycles. The number of hydrogen-bond donors (Lipinski definition) is 2. The summed E-state index contributed by atoms with van der Waals surface area (Å²) in [5, 5.41) is 15.9. The van der Waals surface area contributed by atoms with Gasteiger partial charge in [0.15, 0.2) is 5.82 Å². The number of benzene rings is 2. The number of pyridine rings is 1. The molecule has 4 aliphatic heterocycles. The first-order chi connectivity index (χ1) is 20.4. The molecule has 2 N–H and O–H groups in total. The van der Waals surface area contributed by atoms with E-state index < -0.39 is 17.5 Å². The molecule has 9 nitrogen and oxygen atoms in total. The number of rotatable bonds is 4. The van der Waals surface area contributed by atoms with Gasteiger partial charge in [0.1, 0.15) is 47.5 Å². The van der Waals surface area contributed by atoms with Crippen LogP contribution < -0.4 is 19.7 Å². The van der Waals surface area contributed by atoms with Gasteiger partial charge in [-0.1, -0.05) is 23.7 Å². The molecule has 0 radical (unpaired) electrons. The molecule has 0 aliphatic carbocycles. The molecule has 3 atom stereocenters. The number of fused-ring (bicyclic) bond motifs is 4. The Labute approximate surface area is 245 Å². The number of phenols is 1. The SMILES string of the molecule is Oc1cc(-c2nc3c4c(nc(OC[C@@]56CCCN5C[C@H](F)C6)nc4c2F)N2CCNC[C@H]2CO3)c2c(Cl)cccc2c1. The van der Waals surface area contributed by atoms with Gasteiger partial charge in [-0.25, -0.2) is 13.8 Å². The van der Waals surface area contributed by atoms with Crippen molar-refractivity contribution in [3.05, 3.63) is 41.2 Å². The van der Waals surface area contributed by atoms with Gasteiger partial charge in [0.05, 0.1) is 11.6 Å². The van der Waals surface area contributed by atoms with Crippen LogP contribution in [0.3, 0.4) is 0 Å². The molecule has 42 heavy (non-hydrogen) atoms. The van der Waals surface area contributed by atoms with E-state index in [2.05, 4.69) is 25.1 Å². The van der Waals surface area contributed by atoms with Crippen LogP contribution in [0.2, 0.25) is 5.02 Å². The maximum atomic E-state index is 16.7. The van der Waals surface area contributed by atoms with Crippen molar-refractivity contribution >= 4 is 39.1 Å². The normalized spacial score (nSPS) is 25.4. The zero-order chi connectivity index (χ0) is 28.6. The number of aromatic nitrogens is 3. The molecule has 2 aromatic heterocycles. The Morgan fingerprint density at radius 2 is 2.10 bits per heavy atom. The lowest BCUT2D eigenvalue weighted by Gasteiger charge is -2.35. The molecule has 3 fully saturated rings. The second-order valence-corrected chi connectivity index (χ2v) is 12.1. The summed E-state index contributed by atoms with van der Waals surface area (Å²) >= 11 is 6.58. The predicted octanol–water partition coefficient (Wildman–Crippen LogP) is 4.47. The number of anilines is 1. The molecular formula is C30H29ClF2N6O3. The van der Waals surface area contributed by atoms with Crippen molar-refractivity contribution in [2.45, 2.75) is 37.0 Å². The summed E-state index contributed by atoms with van der Waals surface area (Å²) in [5.41, 5.74) is -0.122. The van der Waals surface area contributed by atoms with E-state index in [-0.39, 0.29) is 41.5 Å². The van der Waals surface area contributed by atoms with E-state index in [0.717, 1.165) is 25.9 Å². The fraction of sp³-hybridized carbons (Fsp3) is 0.433. The van der Waals surface area contributed by atoms with Crippen LogP contribution in [0.5, 0.6) is 17.6 Å². The van der Waals surface area contributed by atoms with Crippen molar-refractivity contribution in [3.63, 3.8) is 0 Å². The van der Waals surface area contributed by atoms with Crippen molar-refractivity contribution < 1.29 is 23.4 Å². The largest absolute Gasteiger partial charge is 0.508 e. The van der Waals surface area contributed by atoms with E-state index in [1.54, 1.807) is 24.3 Å². The summed E-state index contributed by atoms with van der Waals surface area (Å²) in [7, 11) is 0. The Kier molecular flexibility index (Phi) is 6.06. The zero-order valence-electron chi connectivity index (χ0n) is 22.7. The topological polar surface area (TPSA) is 95.9 Å². The van der Waals surface area contributed by atoms with E-state index in [1.807, 2.05) is 0 Å². The quantitative estimate of drug-likeness (QED) is 0.355. The predicted molar refractivity (Wildman–Crippen MR) is 155 cm³/mol. The molecule has 4 aromatic rings. The van der Waals surface area contributed by atoms with Crippen molar-refractivity contribution in [2.24, 2.45) is 0 Å². The van der Waals surface area contributed by atoms with Gasteiger partial charge in [-0.3, -0.25) is 4.90 Å². The molecule has 0 spiro atoms. The Hall–Kier alpha value is -3.54. The highest BCUT2D eigenvalue weighted by atomic mass is 35.5. The van der Waals surface area contributed by atoms with Crippen LogP contribution in [0, 0.1) is 5.82 Å². The Bertz CT molecular complexity index is 1740. The standard InChI is InChI=1S/C30H29ClF2N6O3/c31-21-4-1-3-16-9-19(40)10-20(22(16)21)25-24(33)26-23-27(39-8-6-34-12-18(39)14-41-28(23)35-25)37-29(36-26)42-15-30-5-2-7-38(30)13-17(32)11-30/h1,3-4,9-10,17-18,34,40H,2,5-8,11-15H2/t17-,18+,30+/m1/s1. The second-order valence-electron chi connectivity index (χ2n) is 11.7. The lowest BCUT2D eigenvalue weighted by atomic mass is 9.95. The molecule has 6 heterocycles. The summed E-state index contributed by atoms with van der Waals surface area (Å²) in [5.74, 6) is -0.0398. The highest BCUT2D eigenvalue weighted by Crippen LogP contribution is 2.44. The van der Waals surface area contributed by atoms with Gasteiger partial charge in [-0.15, -0.1) is 0 Å². The summed E-state index contributed by atoms with van der Waals surface area (Å²) < 4.78 is 43.6. The average molecular weight is 595 g/mol. The number of ether oxygens (including phenoxy) is 2. The van der Waals surface area contributed by atoms with Gasteiger partial charge in [0, 0.05) is 48.6 Å². The summed E-state index contributed by atoms with van der Waals surface area (Å²) in [6.07, 6.45) is 1.32. The van der Waals surface area contributed by atoms with Crippen molar-refractivity contribution in [2.75, 3.05) is 50.8 Å². The average Bonchev–Trinajstić information content (AvgIpc) is 3.45. The molecule has 12 heteroatoms. The number of aromatic hydroxyl groups is 1. The minimum Gasteiger partial charge on any atom is -0.508 e. The van der Waals surface area contributed by atoms with E-state index in [9.17, 15) is 9.50 Å². The van der Waals surface area contributed by atoms with Crippen LogP contribution in [-0.4, -0.2) is 88.6 Å².